The number of hydrogen-bond donors (Lipinski definition) is 0. The monoisotopic (exact) mass is 190 g/mol. The maximum atomic E-state index is 4.11. The third kappa shape index (κ3) is 2.62. The van der Waals surface area contributed by atoms with Gasteiger partial charge in [0, 0.05) is 0 Å². The lowest BCUT2D eigenvalue weighted by atomic mass is 9.78. The highest BCUT2D eigenvalue weighted by Crippen LogP contribution is 2.31. The fraction of sp³-hybridized carbons (Fsp3) is 0.643. The summed E-state index contributed by atoms with van der Waals surface area (Å²) in [5, 5.41) is 0. The van der Waals surface area contributed by atoms with Crippen molar-refractivity contribution in [2.75, 3.05) is 0 Å². The lowest BCUT2D eigenvalue weighted by molar-refractivity contribution is 0.324. The molecule has 3 unspecified atom stereocenters. The van der Waals surface area contributed by atoms with Crippen LogP contribution in [0.3, 0.4) is 0 Å². The summed E-state index contributed by atoms with van der Waals surface area (Å²) < 4.78 is 0. The minimum atomic E-state index is 0.621. The fourth-order valence-corrected chi connectivity index (χ4v) is 2.19. The van der Waals surface area contributed by atoms with Crippen LogP contribution in [0.15, 0.2) is 30.0 Å². The van der Waals surface area contributed by atoms with E-state index in [9.17, 15) is 0 Å². The van der Waals surface area contributed by atoms with Gasteiger partial charge in [0.15, 0.2) is 0 Å². The van der Waals surface area contributed by atoms with Gasteiger partial charge in [0.2, 0.25) is 0 Å². The van der Waals surface area contributed by atoms with Crippen LogP contribution in [-0.4, -0.2) is 0 Å². The molecule has 0 heteroatoms. The summed E-state index contributed by atoms with van der Waals surface area (Å²) in [7, 11) is 0. The minimum absolute atomic E-state index is 0.621. The molecule has 0 N–H and O–H groups in total. The maximum Gasteiger partial charge on any atom is -0.0157 e. The van der Waals surface area contributed by atoms with Gasteiger partial charge in [-0.2, -0.15) is 0 Å². The van der Waals surface area contributed by atoms with Crippen LogP contribution in [0.5, 0.6) is 0 Å². The quantitative estimate of drug-likeness (QED) is 0.568. The third-order valence-corrected chi connectivity index (χ3v) is 3.55. The summed E-state index contributed by atoms with van der Waals surface area (Å²) in [5.74, 6) is 2.13. The van der Waals surface area contributed by atoms with Crippen molar-refractivity contribution in [3.05, 3.63) is 30.0 Å². The lowest BCUT2D eigenvalue weighted by Crippen LogP contribution is -2.16. The molecule has 1 aliphatic carbocycles. The predicted molar refractivity (Wildman–Crippen MR) is 63.1 cm³/mol. The molecule has 0 aromatic heterocycles. The Morgan fingerprint density at radius 1 is 1.43 bits per heavy atom. The van der Waals surface area contributed by atoms with Crippen LogP contribution in [-0.2, 0) is 0 Å². The van der Waals surface area contributed by atoms with E-state index in [4.69, 9.17) is 0 Å². The molecule has 0 radical (unpaired) electrons. The fourth-order valence-electron chi connectivity index (χ4n) is 2.19. The van der Waals surface area contributed by atoms with Gasteiger partial charge in [0.05, 0.1) is 0 Å². The van der Waals surface area contributed by atoms with E-state index in [-0.39, 0.29) is 0 Å². The van der Waals surface area contributed by atoms with Gasteiger partial charge in [-0.25, -0.2) is 0 Å². The molecule has 0 fully saturated rings. The second-order valence-electron chi connectivity index (χ2n) is 4.41. The summed E-state index contributed by atoms with van der Waals surface area (Å²) in [6.45, 7) is 11.0. The van der Waals surface area contributed by atoms with Crippen molar-refractivity contribution < 1.29 is 0 Å². The van der Waals surface area contributed by atoms with Gasteiger partial charge in [-0.15, -0.1) is 5.73 Å². The van der Waals surface area contributed by atoms with Crippen LogP contribution in [0.4, 0.5) is 0 Å². The molecular weight excluding hydrogens is 168 g/mol. The van der Waals surface area contributed by atoms with Crippen LogP contribution in [0, 0.1) is 17.8 Å². The van der Waals surface area contributed by atoms with Crippen LogP contribution in [0.1, 0.15) is 40.0 Å². The zero-order valence-corrected chi connectivity index (χ0v) is 9.72. The smallest absolute Gasteiger partial charge is 0.0157 e. The maximum absolute atomic E-state index is 4.11. The second kappa shape index (κ2) is 5.22. The molecule has 3 atom stereocenters. The summed E-state index contributed by atoms with van der Waals surface area (Å²) in [4.78, 5) is 0. The molecule has 78 valence electrons. The Balaban J connectivity index is 2.85. The Morgan fingerprint density at radius 3 is 2.71 bits per heavy atom. The Labute approximate surface area is 88.4 Å². The molecule has 0 spiro atoms. The highest BCUT2D eigenvalue weighted by atomic mass is 14.2. The average molecular weight is 190 g/mol. The second-order valence-corrected chi connectivity index (χ2v) is 4.41. The van der Waals surface area contributed by atoms with E-state index in [1.165, 1.54) is 24.8 Å². The van der Waals surface area contributed by atoms with Crippen molar-refractivity contribution in [3.8, 4) is 0 Å². The summed E-state index contributed by atoms with van der Waals surface area (Å²) in [5.41, 5.74) is 4.50. The third-order valence-electron chi connectivity index (χ3n) is 3.55. The topological polar surface area (TPSA) is 0 Å². The average Bonchev–Trinajstić information content (AvgIpc) is 2.20. The molecular formula is C14H22. The van der Waals surface area contributed by atoms with Crippen LogP contribution in [0.2, 0.25) is 0 Å². The van der Waals surface area contributed by atoms with Crippen molar-refractivity contribution in [1.29, 1.82) is 0 Å². The van der Waals surface area contributed by atoms with E-state index in [1.807, 2.05) is 0 Å². The van der Waals surface area contributed by atoms with Crippen LogP contribution >= 0.6 is 0 Å². The summed E-state index contributed by atoms with van der Waals surface area (Å²) >= 11 is 0. The van der Waals surface area contributed by atoms with Gasteiger partial charge in [-0.3, -0.25) is 0 Å². The van der Waals surface area contributed by atoms with Gasteiger partial charge >= 0.3 is 0 Å². The number of allylic oxidation sites excluding steroid dienone is 2. The standard InChI is InChI=1S/C14H22/c1-5-13-9-7-8-11(3)12(4)14(6-2)10-13/h8-9,12-14H,3,5-6,10H2,1-2,4H3. The minimum Gasteiger partial charge on any atom is -0.125 e. The highest BCUT2D eigenvalue weighted by molar-refractivity contribution is 5.19. The zero-order valence-electron chi connectivity index (χ0n) is 9.72. The molecule has 0 aromatic carbocycles. The van der Waals surface area contributed by atoms with Gasteiger partial charge in [-0.1, -0.05) is 33.8 Å². The van der Waals surface area contributed by atoms with Crippen molar-refractivity contribution in [2.24, 2.45) is 17.8 Å². The zero-order chi connectivity index (χ0) is 10.6. The van der Waals surface area contributed by atoms with E-state index in [2.05, 4.69) is 45.2 Å². The van der Waals surface area contributed by atoms with Crippen molar-refractivity contribution >= 4 is 0 Å². The first-order chi connectivity index (χ1) is 6.69. The predicted octanol–water partition coefficient (Wildman–Crippen LogP) is 4.35. The Kier molecular flexibility index (Phi) is 4.22. The molecule has 0 aliphatic heterocycles. The molecule has 0 saturated heterocycles. The SMILES string of the molecule is C=C1C=C=CC(CC)CC(CC)C1C. The first-order valence-electron chi connectivity index (χ1n) is 5.80. The Morgan fingerprint density at radius 2 is 2.14 bits per heavy atom. The first-order valence-corrected chi connectivity index (χ1v) is 5.80. The van der Waals surface area contributed by atoms with Crippen LogP contribution < -0.4 is 0 Å². The first kappa shape index (κ1) is 11.3. The van der Waals surface area contributed by atoms with E-state index >= 15 is 0 Å². The van der Waals surface area contributed by atoms with E-state index < -0.39 is 0 Å². The molecule has 0 aromatic rings. The summed E-state index contributed by atoms with van der Waals surface area (Å²) in [6.07, 6.45) is 8.08. The molecule has 0 saturated carbocycles. The van der Waals surface area contributed by atoms with E-state index in [0.717, 1.165) is 5.92 Å². The lowest BCUT2D eigenvalue weighted by Gasteiger charge is -2.27. The summed E-state index contributed by atoms with van der Waals surface area (Å²) in [6, 6.07) is 0. The molecule has 0 amide bonds. The molecule has 14 heavy (non-hydrogen) atoms. The Hall–Kier alpha value is -0.740. The number of rotatable bonds is 2. The molecule has 0 bridgehead atoms. The van der Waals surface area contributed by atoms with Crippen LogP contribution in [0.25, 0.3) is 0 Å². The van der Waals surface area contributed by atoms with Crippen molar-refractivity contribution in [1.82, 2.24) is 0 Å². The molecule has 1 aliphatic rings. The van der Waals surface area contributed by atoms with E-state index in [0.29, 0.717) is 11.8 Å². The van der Waals surface area contributed by atoms with Gasteiger partial charge in [0.1, 0.15) is 0 Å². The normalized spacial score (nSPS) is 32.8. The van der Waals surface area contributed by atoms with E-state index in [1.54, 1.807) is 0 Å². The van der Waals surface area contributed by atoms with Gasteiger partial charge < -0.3 is 0 Å². The largest absolute Gasteiger partial charge is 0.125 e. The Bertz CT molecular complexity index is 253. The molecule has 1 rings (SSSR count). The highest BCUT2D eigenvalue weighted by Gasteiger charge is 2.20. The number of hydrogen-bond acceptors (Lipinski definition) is 0. The van der Waals surface area contributed by atoms with Gasteiger partial charge in [-0.05, 0) is 48.3 Å². The van der Waals surface area contributed by atoms with Crippen molar-refractivity contribution in [2.45, 2.75) is 40.0 Å². The molecule has 0 heterocycles. The van der Waals surface area contributed by atoms with Crippen molar-refractivity contribution in [3.63, 3.8) is 0 Å². The molecule has 0 nitrogen and oxygen atoms in total. The van der Waals surface area contributed by atoms with Gasteiger partial charge in [0.25, 0.3) is 0 Å².